The predicted molar refractivity (Wildman–Crippen MR) is 96.4 cm³/mol. The lowest BCUT2D eigenvalue weighted by atomic mass is 9.66. The molecule has 2 unspecified atom stereocenters. The lowest BCUT2D eigenvalue weighted by Gasteiger charge is -2.45. The van der Waals surface area contributed by atoms with Crippen molar-refractivity contribution in [1.29, 1.82) is 0 Å². The van der Waals surface area contributed by atoms with Crippen LogP contribution in [0, 0.1) is 5.92 Å². The van der Waals surface area contributed by atoms with Gasteiger partial charge in [-0.25, -0.2) is 0 Å². The molecule has 0 saturated carbocycles. The first-order chi connectivity index (χ1) is 11.8. The Morgan fingerprint density at radius 1 is 0.875 bits per heavy atom. The Bertz CT molecular complexity index is 845. The highest BCUT2D eigenvalue weighted by Crippen LogP contribution is 2.52. The maximum Gasteiger partial charge on any atom is 0.130 e. The van der Waals surface area contributed by atoms with Gasteiger partial charge in [0.25, 0.3) is 0 Å². The maximum absolute atomic E-state index is 6.28. The molecule has 0 aliphatic heterocycles. The van der Waals surface area contributed by atoms with Crippen LogP contribution in [0.2, 0.25) is 0 Å². The molecule has 2 nitrogen and oxygen atoms in total. The minimum atomic E-state index is -0.559. The number of fused-ring (bicyclic) bond motifs is 2. The van der Waals surface area contributed by atoms with Crippen molar-refractivity contribution < 1.29 is 9.47 Å². The molecule has 0 bridgehead atoms. The summed E-state index contributed by atoms with van der Waals surface area (Å²) in [4.78, 5) is 0. The average Bonchev–Trinajstić information content (AvgIpc) is 2.67. The summed E-state index contributed by atoms with van der Waals surface area (Å²) in [6.45, 7) is 0. The number of allylic oxidation sites excluding steroid dienone is 3. The highest BCUT2D eigenvalue weighted by molar-refractivity contribution is 5.75. The maximum atomic E-state index is 6.28. The Labute approximate surface area is 142 Å². The fourth-order valence-corrected chi connectivity index (χ4v) is 4.04. The first kappa shape index (κ1) is 15.0. The van der Waals surface area contributed by atoms with Gasteiger partial charge in [-0.15, -0.1) is 0 Å². The summed E-state index contributed by atoms with van der Waals surface area (Å²) in [7, 11) is 3.54. The molecule has 2 aromatic carbocycles. The second-order valence-electron chi connectivity index (χ2n) is 6.06. The lowest BCUT2D eigenvalue weighted by molar-refractivity contribution is -0.00506. The Hall–Kier alpha value is -2.58. The van der Waals surface area contributed by atoms with Crippen molar-refractivity contribution in [3.63, 3.8) is 0 Å². The Kier molecular flexibility index (Phi) is 3.62. The molecule has 2 aliphatic carbocycles. The molecule has 24 heavy (non-hydrogen) atoms. The van der Waals surface area contributed by atoms with E-state index in [1.165, 1.54) is 0 Å². The largest absolute Gasteiger partial charge is 0.496 e. The molecule has 0 saturated heterocycles. The van der Waals surface area contributed by atoms with Gasteiger partial charge in [0.2, 0.25) is 0 Å². The van der Waals surface area contributed by atoms with Crippen molar-refractivity contribution >= 4 is 5.76 Å². The zero-order valence-electron chi connectivity index (χ0n) is 13.9. The SMILES string of the molecule is COC1=C2C=CC=CC2C(OC)(c2ccccc2)c2ccccc21. The van der Waals surface area contributed by atoms with Crippen LogP contribution < -0.4 is 0 Å². The molecule has 0 spiro atoms. The third-order valence-electron chi connectivity index (χ3n) is 5.03. The van der Waals surface area contributed by atoms with Crippen LogP contribution in [0.25, 0.3) is 5.76 Å². The van der Waals surface area contributed by atoms with Gasteiger partial charge in [0.05, 0.1) is 7.11 Å². The normalized spacial score (nSPS) is 24.5. The van der Waals surface area contributed by atoms with E-state index >= 15 is 0 Å². The van der Waals surface area contributed by atoms with E-state index in [0.717, 1.165) is 28.0 Å². The highest BCUT2D eigenvalue weighted by atomic mass is 16.5. The van der Waals surface area contributed by atoms with Gasteiger partial charge < -0.3 is 9.47 Å². The topological polar surface area (TPSA) is 18.5 Å². The molecule has 2 heteroatoms. The molecule has 0 N–H and O–H groups in total. The standard InChI is InChI=1S/C22H20O2/c1-23-21-17-12-6-8-14-19(17)22(24-2,16-10-4-3-5-11-16)20-15-9-7-13-18(20)21/h3-15,19H,1-2H3. The summed E-state index contributed by atoms with van der Waals surface area (Å²) in [5.74, 6) is 1.000. The van der Waals surface area contributed by atoms with Crippen molar-refractivity contribution in [2.24, 2.45) is 5.92 Å². The van der Waals surface area contributed by atoms with Crippen molar-refractivity contribution in [2.75, 3.05) is 14.2 Å². The van der Waals surface area contributed by atoms with Gasteiger partial charge >= 0.3 is 0 Å². The molecular formula is C22H20O2. The van der Waals surface area contributed by atoms with Crippen molar-refractivity contribution in [1.82, 2.24) is 0 Å². The van der Waals surface area contributed by atoms with Gasteiger partial charge in [-0.1, -0.05) is 78.9 Å². The summed E-state index contributed by atoms with van der Waals surface area (Å²) >= 11 is 0. The van der Waals surface area contributed by atoms with Crippen molar-refractivity contribution in [3.8, 4) is 0 Å². The van der Waals surface area contributed by atoms with E-state index in [0.29, 0.717) is 0 Å². The van der Waals surface area contributed by atoms with E-state index in [2.05, 4.69) is 66.8 Å². The van der Waals surface area contributed by atoms with E-state index in [9.17, 15) is 0 Å². The van der Waals surface area contributed by atoms with Gasteiger partial charge in [0, 0.05) is 29.7 Å². The van der Waals surface area contributed by atoms with Crippen LogP contribution in [0.15, 0.2) is 84.5 Å². The average molecular weight is 316 g/mol. The minimum Gasteiger partial charge on any atom is -0.496 e. The Morgan fingerprint density at radius 2 is 1.62 bits per heavy atom. The van der Waals surface area contributed by atoms with Gasteiger partial charge in [0.1, 0.15) is 11.4 Å². The van der Waals surface area contributed by atoms with Crippen LogP contribution in [0.1, 0.15) is 16.7 Å². The summed E-state index contributed by atoms with van der Waals surface area (Å²) in [5, 5.41) is 0. The fourth-order valence-electron chi connectivity index (χ4n) is 4.04. The van der Waals surface area contributed by atoms with Crippen molar-refractivity contribution in [3.05, 3.63) is 101 Å². The molecule has 0 amide bonds. The van der Waals surface area contributed by atoms with Crippen LogP contribution >= 0.6 is 0 Å². The van der Waals surface area contributed by atoms with Gasteiger partial charge in [-0.2, -0.15) is 0 Å². The van der Waals surface area contributed by atoms with Crippen LogP contribution in [-0.4, -0.2) is 14.2 Å². The zero-order chi connectivity index (χ0) is 16.6. The third-order valence-corrected chi connectivity index (χ3v) is 5.03. The summed E-state index contributed by atoms with van der Waals surface area (Å²) in [6.07, 6.45) is 8.49. The number of hydrogen-bond donors (Lipinski definition) is 0. The van der Waals surface area contributed by atoms with Gasteiger partial charge in [-0.3, -0.25) is 0 Å². The number of methoxy groups -OCH3 is 2. The van der Waals surface area contributed by atoms with E-state index in [1.54, 1.807) is 14.2 Å². The first-order valence-electron chi connectivity index (χ1n) is 8.16. The molecule has 0 radical (unpaired) electrons. The van der Waals surface area contributed by atoms with Gasteiger partial charge in [-0.05, 0) is 5.56 Å². The number of rotatable bonds is 3. The summed E-state index contributed by atoms with van der Waals surface area (Å²) in [5.41, 5.74) is 3.99. The monoisotopic (exact) mass is 316 g/mol. The molecule has 2 aromatic rings. The van der Waals surface area contributed by atoms with Crippen LogP contribution in [-0.2, 0) is 15.1 Å². The molecule has 120 valence electrons. The van der Waals surface area contributed by atoms with Gasteiger partial charge in [0.15, 0.2) is 0 Å². The Morgan fingerprint density at radius 3 is 2.38 bits per heavy atom. The molecule has 0 fully saturated rings. The fraction of sp³-hybridized carbons (Fsp3) is 0.182. The zero-order valence-corrected chi connectivity index (χ0v) is 13.9. The third kappa shape index (κ3) is 1.93. The van der Waals surface area contributed by atoms with Crippen LogP contribution in [0.4, 0.5) is 0 Å². The van der Waals surface area contributed by atoms with E-state index in [-0.39, 0.29) is 5.92 Å². The molecule has 4 rings (SSSR count). The van der Waals surface area contributed by atoms with E-state index in [4.69, 9.17) is 9.47 Å². The van der Waals surface area contributed by atoms with Crippen LogP contribution in [0.5, 0.6) is 0 Å². The number of ether oxygens (including phenoxy) is 2. The molecule has 2 atom stereocenters. The number of hydrogen-bond acceptors (Lipinski definition) is 2. The van der Waals surface area contributed by atoms with Crippen molar-refractivity contribution in [2.45, 2.75) is 5.60 Å². The predicted octanol–water partition coefficient (Wildman–Crippen LogP) is 4.69. The van der Waals surface area contributed by atoms with Crippen LogP contribution in [0.3, 0.4) is 0 Å². The minimum absolute atomic E-state index is 0.0692. The van der Waals surface area contributed by atoms with E-state index < -0.39 is 5.60 Å². The Balaban J connectivity index is 2.09. The quantitative estimate of drug-likeness (QED) is 0.818. The number of benzene rings is 2. The molecule has 2 aliphatic rings. The molecular weight excluding hydrogens is 296 g/mol. The smallest absolute Gasteiger partial charge is 0.130 e. The highest BCUT2D eigenvalue weighted by Gasteiger charge is 2.48. The second kappa shape index (κ2) is 5.81. The molecule has 0 aromatic heterocycles. The van der Waals surface area contributed by atoms with E-state index in [1.807, 2.05) is 12.1 Å². The first-order valence-corrected chi connectivity index (χ1v) is 8.16. The molecule has 0 heterocycles. The lowest BCUT2D eigenvalue weighted by Crippen LogP contribution is -2.42. The second-order valence-corrected chi connectivity index (χ2v) is 6.06. The summed E-state index contributed by atoms with van der Waals surface area (Å²) in [6, 6.07) is 18.8. The summed E-state index contributed by atoms with van der Waals surface area (Å²) < 4.78 is 12.1.